The molecule has 0 atom stereocenters. The Morgan fingerprint density at radius 1 is 1.15 bits per heavy atom. The number of nitrogens with two attached hydrogens (primary N) is 1. The lowest BCUT2D eigenvalue weighted by molar-refractivity contribution is 0.0951. The number of amides is 1. The van der Waals surface area contributed by atoms with Crippen LogP contribution in [0.5, 0.6) is 0 Å². The van der Waals surface area contributed by atoms with Crippen LogP contribution in [-0.4, -0.2) is 5.91 Å². The van der Waals surface area contributed by atoms with E-state index in [4.69, 9.17) is 17.3 Å². The van der Waals surface area contributed by atoms with Crippen molar-refractivity contribution >= 4 is 17.5 Å². The Labute approximate surface area is 121 Å². The van der Waals surface area contributed by atoms with Gasteiger partial charge >= 0.3 is 0 Å². The van der Waals surface area contributed by atoms with Crippen LogP contribution in [0.15, 0.2) is 42.5 Å². The second-order valence-electron chi connectivity index (χ2n) is 4.33. The molecule has 0 radical (unpaired) electrons. The van der Waals surface area contributed by atoms with E-state index in [1.165, 1.54) is 12.1 Å². The highest BCUT2D eigenvalue weighted by Crippen LogP contribution is 2.16. The summed E-state index contributed by atoms with van der Waals surface area (Å²) >= 11 is 5.68. The van der Waals surface area contributed by atoms with Crippen molar-refractivity contribution < 1.29 is 9.18 Å². The molecule has 0 aliphatic rings. The quantitative estimate of drug-likeness (QED) is 0.910. The zero-order valence-electron chi connectivity index (χ0n) is 10.7. The van der Waals surface area contributed by atoms with Gasteiger partial charge in [-0.15, -0.1) is 0 Å². The lowest BCUT2D eigenvalue weighted by Gasteiger charge is -2.07. The Morgan fingerprint density at radius 2 is 1.80 bits per heavy atom. The zero-order chi connectivity index (χ0) is 14.5. The first kappa shape index (κ1) is 14.5. The van der Waals surface area contributed by atoms with Crippen molar-refractivity contribution in [1.29, 1.82) is 0 Å². The predicted molar refractivity (Wildman–Crippen MR) is 76.9 cm³/mol. The molecule has 104 valence electrons. The molecular weight excluding hydrogens is 279 g/mol. The molecule has 2 rings (SSSR count). The summed E-state index contributed by atoms with van der Waals surface area (Å²) in [6, 6.07) is 11.4. The number of hydrogen-bond donors (Lipinski definition) is 2. The lowest BCUT2D eigenvalue weighted by Crippen LogP contribution is -2.22. The van der Waals surface area contributed by atoms with Crippen LogP contribution in [-0.2, 0) is 13.1 Å². The van der Waals surface area contributed by atoms with E-state index in [0.29, 0.717) is 12.1 Å². The van der Waals surface area contributed by atoms with Gasteiger partial charge in [-0.2, -0.15) is 0 Å². The Morgan fingerprint density at radius 3 is 2.40 bits per heavy atom. The molecule has 0 unspecified atom stereocenters. The average Bonchev–Trinajstić information content (AvgIpc) is 2.48. The fourth-order valence-corrected chi connectivity index (χ4v) is 1.93. The van der Waals surface area contributed by atoms with Gasteiger partial charge in [0.15, 0.2) is 0 Å². The van der Waals surface area contributed by atoms with Gasteiger partial charge in [0.1, 0.15) is 5.82 Å². The molecule has 20 heavy (non-hydrogen) atoms. The van der Waals surface area contributed by atoms with Gasteiger partial charge in [-0.3, -0.25) is 4.79 Å². The molecule has 3 N–H and O–H groups in total. The molecule has 0 saturated carbocycles. The van der Waals surface area contributed by atoms with Crippen LogP contribution >= 0.6 is 11.6 Å². The maximum atomic E-state index is 13.0. The predicted octanol–water partition coefficient (Wildman–Crippen LogP) is 2.87. The van der Waals surface area contributed by atoms with Crippen LogP contribution in [0.2, 0.25) is 5.02 Å². The van der Waals surface area contributed by atoms with Crippen molar-refractivity contribution in [3.63, 3.8) is 0 Å². The number of halogens is 2. The van der Waals surface area contributed by atoms with Crippen LogP contribution < -0.4 is 11.1 Å². The van der Waals surface area contributed by atoms with Crippen LogP contribution in [0.3, 0.4) is 0 Å². The van der Waals surface area contributed by atoms with Gasteiger partial charge in [-0.1, -0.05) is 29.8 Å². The van der Waals surface area contributed by atoms with E-state index in [-0.39, 0.29) is 17.5 Å². The van der Waals surface area contributed by atoms with Crippen molar-refractivity contribution in [2.24, 2.45) is 5.73 Å². The monoisotopic (exact) mass is 292 g/mol. The van der Waals surface area contributed by atoms with Gasteiger partial charge in [0.2, 0.25) is 0 Å². The Bertz CT molecular complexity index is 614. The third-order valence-corrected chi connectivity index (χ3v) is 3.18. The van der Waals surface area contributed by atoms with Crippen molar-refractivity contribution in [3.05, 3.63) is 70.0 Å². The zero-order valence-corrected chi connectivity index (χ0v) is 11.5. The smallest absolute Gasteiger partial charge is 0.251 e. The SMILES string of the molecule is NCc1ccc(C(=O)NCc2ccc(F)c(Cl)c2)cc1. The fraction of sp³-hybridized carbons (Fsp3) is 0.133. The van der Waals surface area contributed by atoms with Gasteiger partial charge in [0.25, 0.3) is 5.91 Å². The first-order valence-electron chi connectivity index (χ1n) is 6.11. The molecule has 0 spiro atoms. The lowest BCUT2D eigenvalue weighted by atomic mass is 10.1. The molecule has 0 saturated heterocycles. The van der Waals surface area contributed by atoms with E-state index >= 15 is 0 Å². The highest BCUT2D eigenvalue weighted by Gasteiger charge is 2.06. The number of carbonyl (C=O) groups excluding carboxylic acids is 1. The molecule has 5 heteroatoms. The number of benzene rings is 2. The molecule has 2 aromatic rings. The molecule has 0 heterocycles. The van der Waals surface area contributed by atoms with Crippen molar-refractivity contribution in [3.8, 4) is 0 Å². The molecule has 0 bridgehead atoms. The van der Waals surface area contributed by atoms with E-state index in [0.717, 1.165) is 11.1 Å². The third kappa shape index (κ3) is 3.56. The minimum Gasteiger partial charge on any atom is -0.348 e. The van der Waals surface area contributed by atoms with Crippen molar-refractivity contribution in [1.82, 2.24) is 5.32 Å². The van der Waals surface area contributed by atoms with Crippen LogP contribution in [0.25, 0.3) is 0 Å². The maximum absolute atomic E-state index is 13.0. The highest BCUT2D eigenvalue weighted by atomic mass is 35.5. The standard InChI is InChI=1S/C15H14ClFN2O/c16-13-7-11(3-6-14(13)17)9-19-15(20)12-4-1-10(8-18)2-5-12/h1-7H,8-9,18H2,(H,19,20). The van der Waals surface area contributed by atoms with Gasteiger partial charge < -0.3 is 11.1 Å². The molecule has 1 amide bonds. The van der Waals surface area contributed by atoms with Gasteiger partial charge in [-0.25, -0.2) is 4.39 Å². The van der Waals surface area contributed by atoms with Crippen molar-refractivity contribution in [2.75, 3.05) is 0 Å². The molecule has 0 aliphatic carbocycles. The molecule has 3 nitrogen and oxygen atoms in total. The maximum Gasteiger partial charge on any atom is 0.251 e. The van der Waals surface area contributed by atoms with Gasteiger partial charge in [0.05, 0.1) is 5.02 Å². The largest absolute Gasteiger partial charge is 0.348 e. The average molecular weight is 293 g/mol. The van der Waals surface area contributed by atoms with Crippen molar-refractivity contribution in [2.45, 2.75) is 13.1 Å². The fourth-order valence-electron chi connectivity index (χ4n) is 1.73. The highest BCUT2D eigenvalue weighted by molar-refractivity contribution is 6.30. The number of hydrogen-bond acceptors (Lipinski definition) is 2. The topological polar surface area (TPSA) is 55.1 Å². The summed E-state index contributed by atoms with van der Waals surface area (Å²) in [7, 11) is 0. The van der Waals surface area contributed by atoms with Crippen LogP contribution in [0.1, 0.15) is 21.5 Å². The number of rotatable bonds is 4. The Kier molecular flexibility index (Phi) is 4.71. The molecule has 0 aromatic heterocycles. The summed E-state index contributed by atoms with van der Waals surface area (Å²) in [5.74, 6) is -0.673. The van der Waals surface area contributed by atoms with Crippen LogP contribution in [0, 0.1) is 5.82 Å². The van der Waals surface area contributed by atoms with Gasteiger partial charge in [0, 0.05) is 18.7 Å². The summed E-state index contributed by atoms with van der Waals surface area (Å²) in [5, 5.41) is 2.79. The van der Waals surface area contributed by atoms with Crippen LogP contribution in [0.4, 0.5) is 4.39 Å². The Hall–Kier alpha value is -1.91. The van der Waals surface area contributed by atoms with E-state index in [2.05, 4.69) is 5.32 Å². The summed E-state index contributed by atoms with van der Waals surface area (Å²) in [6.45, 7) is 0.730. The number of carbonyl (C=O) groups is 1. The second-order valence-corrected chi connectivity index (χ2v) is 4.74. The summed E-state index contributed by atoms with van der Waals surface area (Å²) in [4.78, 5) is 11.9. The minimum atomic E-state index is -0.473. The van der Waals surface area contributed by atoms with E-state index in [1.54, 1.807) is 18.2 Å². The first-order valence-corrected chi connectivity index (χ1v) is 6.49. The van der Waals surface area contributed by atoms with E-state index < -0.39 is 5.82 Å². The summed E-state index contributed by atoms with van der Waals surface area (Å²) < 4.78 is 13.0. The van der Waals surface area contributed by atoms with E-state index in [1.807, 2.05) is 12.1 Å². The third-order valence-electron chi connectivity index (χ3n) is 2.89. The molecular formula is C15H14ClFN2O. The minimum absolute atomic E-state index is 0.0454. The van der Waals surface area contributed by atoms with Gasteiger partial charge in [-0.05, 0) is 35.4 Å². The first-order chi connectivity index (χ1) is 9.60. The summed E-state index contributed by atoms with van der Waals surface area (Å²) in [5.41, 5.74) is 7.75. The number of nitrogens with one attached hydrogen (secondary N) is 1. The second kappa shape index (κ2) is 6.50. The molecule has 2 aromatic carbocycles. The normalized spacial score (nSPS) is 10.3. The Balaban J connectivity index is 1.98. The molecule has 0 aliphatic heterocycles. The summed E-state index contributed by atoms with van der Waals surface area (Å²) in [6.07, 6.45) is 0. The van der Waals surface area contributed by atoms with E-state index in [9.17, 15) is 9.18 Å². The molecule has 0 fully saturated rings.